The maximum absolute atomic E-state index is 12.3. The zero-order valence-corrected chi connectivity index (χ0v) is 18.5. The maximum Gasteiger partial charge on any atom is 0.236 e. The van der Waals surface area contributed by atoms with Crippen LogP contribution in [-0.4, -0.2) is 39.7 Å². The van der Waals surface area contributed by atoms with Gasteiger partial charge in [0.2, 0.25) is 10.0 Å². The highest BCUT2D eigenvalue weighted by Crippen LogP contribution is 2.62. The topological polar surface area (TPSA) is 90.7 Å². The summed E-state index contributed by atoms with van der Waals surface area (Å²) in [5.74, 6) is 3.02. The largest absolute Gasteiger partial charge is 0.493 e. The fraction of sp³-hybridized carbons (Fsp3) is 0.609. The van der Waals surface area contributed by atoms with Crippen LogP contribution in [0.5, 0.6) is 5.75 Å². The van der Waals surface area contributed by atoms with Gasteiger partial charge < -0.3 is 14.0 Å². The zero-order valence-electron chi connectivity index (χ0n) is 17.7. The lowest BCUT2D eigenvalue weighted by atomic mass is 9.48. The smallest absolute Gasteiger partial charge is 0.236 e. The highest BCUT2D eigenvalue weighted by molar-refractivity contribution is 7.92. The Bertz CT molecular complexity index is 1150. The first-order valence-corrected chi connectivity index (χ1v) is 12.9. The van der Waals surface area contributed by atoms with E-state index in [1.807, 2.05) is 12.1 Å². The number of ether oxygens (including phenoxy) is 2. The molecule has 4 saturated carbocycles. The molecule has 1 aromatic carbocycles. The van der Waals surface area contributed by atoms with Gasteiger partial charge in [-0.05, 0) is 67.9 Å². The molecule has 0 radical (unpaired) electrons. The van der Waals surface area contributed by atoms with Gasteiger partial charge in [0.25, 0.3) is 0 Å². The molecule has 7 nitrogen and oxygen atoms in total. The number of hydrogen-bond acceptors (Lipinski definition) is 6. The second-order valence-electron chi connectivity index (χ2n) is 9.84. The first kappa shape index (κ1) is 19.6. The summed E-state index contributed by atoms with van der Waals surface area (Å²) in [6.07, 6.45) is 9.74. The number of anilines is 1. The van der Waals surface area contributed by atoms with E-state index >= 15 is 0 Å². The molecule has 166 valence electrons. The lowest BCUT2D eigenvalue weighted by Gasteiger charge is -2.57. The van der Waals surface area contributed by atoms with E-state index in [1.165, 1.54) is 26.4 Å². The van der Waals surface area contributed by atoms with Gasteiger partial charge in [0.05, 0.1) is 24.4 Å². The van der Waals surface area contributed by atoms with Crippen LogP contribution in [0.25, 0.3) is 11.0 Å². The van der Waals surface area contributed by atoms with Crippen molar-refractivity contribution in [2.75, 3.05) is 30.8 Å². The van der Waals surface area contributed by atoms with E-state index in [0.717, 1.165) is 49.0 Å². The standard InChI is InChI=1S/C23H28N2O5S/c1-28-6-7-31(26,27)25-22-19-9-18(14-2-3-14)20(10-21(19)30-24-22)29-13-23-5-4-17-15(11-23)8-16(17)12-23/h4,9-10,14-16H,2-3,5-8,11-13H2,1H3,(H,24,25). The average molecular weight is 445 g/mol. The third kappa shape index (κ3) is 3.44. The van der Waals surface area contributed by atoms with Crippen molar-refractivity contribution >= 4 is 26.8 Å². The Morgan fingerprint density at radius 2 is 2.03 bits per heavy atom. The normalized spacial score (nSPS) is 29.0. The molecule has 2 atom stereocenters. The number of aromatic nitrogens is 1. The van der Waals surface area contributed by atoms with Crippen LogP contribution in [0, 0.1) is 17.3 Å². The Balaban J connectivity index is 1.26. The Morgan fingerprint density at radius 3 is 2.74 bits per heavy atom. The van der Waals surface area contributed by atoms with Crippen LogP contribution in [0.4, 0.5) is 5.82 Å². The first-order chi connectivity index (χ1) is 15.0. The summed E-state index contributed by atoms with van der Waals surface area (Å²) in [6, 6.07) is 3.90. The molecule has 8 heteroatoms. The molecule has 6 aliphatic carbocycles. The van der Waals surface area contributed by atoms with Crippen molar-refractivity contribution < 1.29 is 22.4 Å². The number of hydrogen-bond donors (Lipinski definition) is 1. The molecule has 6 aliphatic rings. The van der Waals surface area contributed by atoms with Crippen LogP contribution in [-0.2, 0) is 14.8 Å². The van der Waals surface area contributed by atoms with Crippen molar-refractivity contribution in [3.8, 4) is 5.75 Å². The molecule has 8 rings (SSSR count). The van der Waals surface area contributed by atoms with Crippen LogP contribution >= 0.6 is 0 Å². The highest BCUT2D eigenvalue weighted by atomic mass is 32.2. The molecule has 4 bridgehead atoms. The van der Waals surface area contributed by atoms with Gasteiger partial charge in [-0.25, -0.2) is 8.42 Å². The first-order valence-electron chi connectivity index (χ1n) is 11.2. The molecular formula is C23H28N2O5S. The van der Waals surface area contributed by atoms with Gasteiger partial charge in [0.1, 0.15) is 5.75 Å². The lowest BCUT2D eigenvalue weighted by Crippen LogP contribution is -2.49. The van der Waals surface area contributed by atoms with Gasteiger partial charge in [0.15, 0.2) is 11.4 Å². The predicted octanol–water partition coefficient (Wildman–Crippen LogP) is 4.22. The predicted molar refractivity (Wildman–Crippen MR) is 117 cm³/mol. The van der Waals surface area contributed by atoms with Crippen LogP contribution in [0.3, 0.4) is 0 Å². The summed E-state index contributed by atoms with van der Waals surface area (Å²) < 4.78 is 43.9. The monoisotopic (exact) mass is 444 g/mol. The third-order valence-electron chi connectivity index (χ3n) is 7.60. The van der Waals surface area contributed by atoms with Crippen LogP contribution < -0.4 is 9.46 Å². The molecule has 31 heavy (non-hydrogen) atoms. The minimum absolute atomic E-state index is 0.122. The summed E-state index contributed by atoms with van der Waals surface area (Å²) in [5.41, 5.74) is 3.66. The number of allylic oxidation sites excluding steroid dienone is 2. The van der Waals surface area contributed by atoms with Crippen LogP contribution in [0.2, 0.25) is 0 Å². The molecule has 2 unspecified atom stereocenters. The van der Waals surface area contributed by atoms with Gasteiger partial charge in [0, 0.05) is 18.6 Å². The number of benzene rings is 1. The molecule has 0 aliphatic heterocycles. The van der Waals surface area contributed by atoms with Crippen molar-refractivity contribution in [1.29, 1.82) is 0 Å². The molecule has 0 spiro atoms. The molecule has 2 aromatic rings. The van der Waals surface area contributed by atoms with E-state index in [2.05, 4.69) is 16.0 Å². The summed E-state index contributed by atoms with van der Waals surface area (Å²) in [4.78, 5) is 0. The third-order valence-corrected chi connectivity index (χ3v) is 8.81. The van der Waals surface area contributed by atoms with E-state index in [-0.39, 0.29) is 23.6 Å². The van der Waals surface area contributed by atoms with Gasteiger partial charge in [-0.2, -0.15) is 0 Å². The van der Waals surface area contributed by atoms with Crippen molar-refractivity contribution in [1.82, 2.24) is 5.16 Å². The van der Waals surface area contributed by atoms with Crippen molar-refractivity contribution in [2.24, 2.45) is 17.3 Å². The Morgan fingerprint density at radius 1 is 1.23 bits per heavy atom. The number of fused-ring (bicyclic) bond motifs is 2. The Labute approximate surface area is 182 Å². The number of nitrogens with zero attached hydrogens (tertiary/aromatic N) is 1. The van der Waals surface area contributed by atoms with E-state index in [9.17, 15) is 8.42 Å². The van der Waals surface area contributed by atoms with Crippen molar-refractivity contribution in [3.63, 3.8) is 0 Å². The highest BCUT2D eigenvalue weighted by Gasteiger charge is 2.53. The van der Waals surface area contributed by atoms with Crippen LogP contribution in [0.15, 0.2) is 28.3 Å². The number of rotatable bonds is 9. The Kier molecular flexibility index (Phi) is 4.41. The van der Waals surface area contributed by atoms with Crippen molar-refractivity contribution in [3.05, 3.63) is 29.3 Å². The maximum atomic E-state index is 12.3. The molecule has 1 heterocycles. The average Bonchev–Trinajstić information content (AvgIpc) is 3.53. The van der Waals surface area contributed by atoms with E-state index in [1.54, 1.807) is 5.57 Å². The van der Waals surface area contributed by atoms with Crippen molar-refractivity contribution in [2.45, 2.75) is 44.4 Å². The second-order valence-corrected chi connectivity index (χ2v) is 11.7. The second kappa shape index (κ2) is 6.97. The summed E-state index contributed by atoms with van der Waals surface area (Å²) in [7, 11) is -2.08. The number of sulfonamides is 1. The quantitative estimate of drug-likeness (QED) is 0.583. The Hall–Kier alpha value is -2.06. The molecular weight excluding hydrogens is 416 g/mol. The van der Waals surface area contributed by atoms with Gasteiger partial charge in [-0.3, -0.25) is 4.72 Å². The zero-order chi connectivity index (χ0) is 21.2. The summed E-state index contributed by atoms with van der Waals surface area (Å²) in [6.45, 7) is 0.857. The molecule has 1 N–H and O–H groups in total. The van der Waals surface area contributed by atoms with Gasteiger partial charge in [-0.15, -0.1) is 0 Å². The molecule has 0 saturated heterocycles. The SMILES string of the molecule is COCCS(=O)(=O)Nc1noc2cc(OCC34CC=C5C(CC5C3)C4)c(C3CC3)cc12. The number of methoxy groups -OCH3 is 1. The fourth-order valence-corrected chi connectivity index (χ4v) is 6.78. The van der Waals surface area contributed by atoms with Crippen LogP contribution in [0.1, 0.15) is 50.0 Å². The van der Waals surface area contributed by atoms with E-state index < -0.39 is 10.0 Å². The number of nitrogens with one attached hydrogen (secondary N) is 1. The van der Waals surface area contributed by atoms with E-state index in [4.69, 9.17) is 14.0 Å². The molecule has 1 aromatic heterocycles. The minimum atomic E-state index is -3.55. The fourth-order valence-electron chi connectivity index (χ4n) is 5.85. The van der Waals surface area contributed by atoms with Gasteiger partial charge >= 0.3 is 0 Å². The lowest BCUT2D eigenvalue weighted by molar-refractivity contribution is 0.000431. The van der Waals surface area contributed by atoms with E-state index in [0.29, 0.717) is 16.9 Å². The minimum Gasteiger partial charge on any atom is -0.493 e. The van der Waals surface area contributed by atoms with Gasteiger partial charge in [-0.1, -0.05) is 16.8 Å². The molecule has 0 amide bonds. The summed E-state index contributed by atoms with van der Waals surface area (Å²) >= 11 is 0. The summed E-state index contributed by atoms with van der Waals surface area (Å²) in [5, 5.41) is 4.66. The molecule has 4 fully saturated rings.